The van der Waals surface area contributed by atoms with Gasteiger partial charge in [-0.25, -0.2) is 0 Å². The minimum atomic E-state index is -0.252. The lowest BCUT2D eigenvalue weighted by molar-refractivity contribution is 0.405. The molecule has 0 spiro atoms. The molecule has 1 aromatic carbocycles. The van der Waals surface area contributed by atoms with Crippen molar-refractivity contribution in [3.63, 3.8) is 0 Å². The zero-order valence-electron chi connectivity index (χ0n) is 18.5. The van der Waals surface area contributed by atoms with E-state index in [1.807, 2.05) is 14.2 Å². The number of ether oxygens (including phenoxy) is 2. The topological polar surface area (TPSA) is 21.7 Å². The second-order valence-electron chi connectivity index (χ2n) is 8.33. The normalized spacial score (nSPS) is 19.0. The maximum Gasteiger partial charge on any atom is 0.143 e. The Labute approximate surface area is 173 Å². The predicted molar refractivity (Wildman–Crippen MR) is 123 cm³/mol. The molecule has 0 atom stereocenters. The Morgan fingerprint density at radius 1 is 0.786 bits per heavy atom. The first kappa shape index (κ1) is 21.8. The van der Waals surface area contributed by atoms with Crippen LogP contribution in [0.3, 0.4) is 0 Å². The molecule has 0 amide bonds. The zero-order chi connectivity index (χ0) is 19.9. The van der Waals surface area contributed by atoms with E-state index in [0.29, 0.717) is 0 Å². The van der Waals surface area contributed by atoms with Crippen LogP contribution in [0.15, 0.2) is 12.1 Å². The van der Waals surface area contributed by atoms with Crippen LogP contribution in [0.5, 0.6) is 11.5 Å². The van der Waals surface area contributed by atoms with Gasteiger partial charge in [0.25, 0.3) is 0 Å². The molecule has 1 aromatic rings. The van der Waals surface area contributed by atoms with Crippen LogP contribution in [0, 0.1) is 0 Å². The Morgan fingerprint density at radius 3 is 1.68 bits per heavy atom. The highest BCUT2D eigenvalue weighted by molar-refractivity contribution is 7.67. The van der Waals surface area contributed by atoms with E-state index in [4.69, 9.17) is 9.47 Å². The fraction of sp³-hybridized carbons (Fsp3) is 0.750. The van der Waals surface area contributed by atoms with Crippen LogP contribution in [-0.2, 0) is 0 Å². The molecule has 0 saturated heterocycles. The second-order valence-corrected chi connectivity index (χ2v) is 11.1. The van der Waals surface area contributed by atoms with Crippen LogP contribution < -0.4 is 19.7 Å². The number of rotatable bonds is 8. The van der Waals surface area contributed by atoms with Crippen molar-refractivity contribution in [2.75, 3.05) is 32.2 Å². The second kappa shape index (κ2) is 10.7. The number of hydrogen-bond acceptors (Lipinski definition) is 3. The first-order valence-corrected chi connectivity index (χ1v) is 13.0. The van der Waals surface area contributed by atoms with Crippen LogP contribution >= 0.6 is 7.92 Å². The highest BCUT2D eigenvalue weighted by Crippen LogP contribution is 2.58. The van der Waals surface area contributed by atoms with E-state index in [1.165, 1.54) is 75.2 Å². The minimum Gasteiger partial charge on any atom is -0.496 e. The number of methoxy groups -OCH3 is 2. The predicted octanol–water partition coefficient (Wildman–Crippen LogP) is 6.32. The minimum absolute atomic E-state index is 0.252. The molecule has 2 aliphatic rings. The molecule has 28 heavy (non-hydrogen) atoms. The molecule has 0 aliphatic heterocycles. The average molecular weight is 406 g/mol. The molecule has 0 bridgehead atoms. The molecule has 2 fully saturated rings. The monoisotopic (exact) mass is 405 g/mol. The maximum atomic E-state index is 6.02. The molecule has 0 radical (unpaired) electrons. The van der Waals surface area contributed by atoms with E-state index in [9.17, 15) is 0 Å². The molecule has 3 nitrogen and oxygen atoms in total. The lowest BCUT2D eigenvalue weighted by atomic mass is 9.99. The van der Waals surface area contributed by atoms with Gasteiger partial charge >= 0.3 is 0 Å². The highest BCUT2D eigenvalue weighted by atomic mass is 31.1. The Morgan fingerprint density at radius 2 is 1.25 bits per heavy atom. The van der Waals surface area contributed by atoms with Gasteiger partial charge in [-0.15, -0.1) is 0 Å². The van der Waals surface area contributed by atoms with Crippen LogP contribution in [0.2, 0.25) is 0 Å². The van der Waals surface area contributed by atoms with Gasteiger partial charge in [0.05, 0.1) is 19.9 Å². The first-order valence-electron chi connectivity index (χ1n) is 11.5. The van der Waals surface area contributed by atoms with Gasteiger partial charge in [0.1, 0.15) is 11.5 Å². The third-order valence-electron chi connectivity index (χ3n) is 6.79. The smallest absolute Gasteiger partial charge is 0.143 e. The molecule has 2 saturated carbocycles. The van der Waals surface area contributed by atoms with Gasteiger partial charge in [-0.2, -0.15) is 0 Å². The van der Waals surface area contributed by atoms with Crippen molar-refractivity contribution >= 4 is 18.9 Å². The summed E-state index contributed by atoms with van der Waals surface area (Å²) < 4.78 is 11.9. The number of benzene rings is 1. The van der Waals surface area contributed by atoms with E-state index in [0.717, 1.165) is 35.9 Å². The fourth-order valence-electron chi connectivity index (χ4n) is 5.35. The molecular weight excluding hydrogens is 365 g/mol. The standard InChI is InChI=1S/C24H40NO2P/c1-5-25(6-2)23-21(26-3)17-18-22(27-4)24(23)28(19-13-9-7-10-14-19)20-15-11-8-12-16-20/h17-20H,5-16H2,1-4H3. The van der Waals surface area contributed by atoms with Crippen LogP contribution in [0.4, 0.5) is 5.69 Å². The van der Waals surface area contributed by atoms with Gasteiger partial charge in [0.2, 0.25) is 0 Å². The van der Waals surface area contributed by atoms with Crippen LogP contribution in [0.25, 0.3) is 0 Å². The third-order valence-corrected chi connectivity index (χ3v) is 10.3. The van der Waals surface area contributed by atoms with E-state index in [2.05, 4.69) is 30.9 Å². The van der Waals surface area contributed by atoms with Crippen molar-refractivity contribution in [1.29, 1.82) is 0 Å². The van der Waals surface area contributed by atoms with E-state index < -0.39 is 0 Å². The van der Waals surface area contributed by atoms with E-state index in [-0.39, 0.29) is 7.92 Å². The summed E-state index contributed by atoms with van der Waals surface area (Å²) in [5.41, 5.74) is 3.03. The zero-order valence-corrected chi connectivity index (χ0v) is 19.4. The summed E-state index contributed by atoms with van der Waals surface area (Å²) in [5, 5.41) is 1.51. The lowest BCUT2D eigenvalue weighted by Crippen LogP contribution is -2.33. The average Bonchev–Trinajstić information content (AvgIpc) is 2.76. The third kappa shape index (κ3) is 4.61. The van der Waals surface area contributed by atoms with Crippen molar-refractivity contribution in [3.8, 4) is 11.5 Å². The molecule has 3 rings (SSSR count). The van der Waals surface area contributed by atoms with Gasteiger partial charge in [-0.05, 0) is 63.0 Å². The van der Waals surface area contributed by atoms with E-state index in [1.54, 1.807) is 0 Å². The van der Waals surface area contributed by atoms with Gasteiger partial charge < -0.3 is 14.4 Å². The Kier molecular flexibility index (Phi) is 8.33. The van der Waals surface area contributed by atoms with Crippen molar-refractivity contribution in [2.45, 2.75) is 89.4 Å². The van der Waals surface area contributed by atoms with Crippen molar-refractivity contribution in [1.82, 2.24) is 0 Å². The summed E-state index contributed by atoms with van der Waals surface area (Å²) in [6.07, 6.45) is 14.1. The van der Waals surface area contributed by atoms with Crippen LogP contribution in [-0.4, -0.2) is 38.6 Å². The summed E-state index contributed by atoms with van der Waals surface area (Å²) in [7, 11) is 3.42. The Bertz CT molecular complexity index is 587. The summed E-state index contributed by atoms with van der Waals surface area (Å²) in [6.45, 7) is 6.53. The first-order chi connectivity index (χ1) is 13.7. The molecule has 2 aliphatic carbocycles. The molecule has 0 N–H and O–H groups in total. The van der Waals surface area contributed by atoms with Gasteiger partial charge in [0.15, 0.2) is 0 Å². The lowest BCUT2D eigenvalue weighted by Gasteiger charge is -2.41. The molecule has 0 aromatic heterocycles. The van der Waals surface area contributed by atoms with E-state index >= 15 is 0 Å². The molecule has 158 valence electrons. The van der Waals surface area contributed by atoms with Crippen molar-refractivity contribution < 1.29 is 9.47 Å². The number of anilines is 1. The molecule has 0 unspecified atom stereocenters. The quantitative estimate of drug-likeness (QED) is 0.472. The summed E-state index contributed by atoms with van der Waals surface area (Å²) in [6, 6.07) is 4.29. The summed E-state index contributed by atoms with van der Waals surface area (Å²) in [5.74, 6) is 2.13. The van der Waals surface area contributed by atoms with Gasteiger partial charge in [-0.1, -0.05) is 46.4 Å². The van der Waals surface area contributed by atoms with Crippen molar-refractivity contribution in [3.05, 3.63) is 12.1 Å². The molecular formula is C24H40NO2P. The van der Waals surface area contributed by atoms with Gasteiger partial charge in [0, 0.05) is 18.4 Å². The SMILES string of the molecule is CCN(CC)c1c(OC)ccc(OC)c1P(C1CCCCC1)C1CCCCC1. The largest absolute Gasteiger partial charge is 0.496 e. The number of hydrogen-bond donors (Lipinski definition) is 0. The fourth-order valence-corrected chi connectivity index (χ4v) is 9.43. The Hall–Kier alpha value is -0.950. The molecule has 0 heterocycles. The highest BCUT2D eigenvalue weighted by Gasteiger charge is 2.37. The summed E-state index contributed by atoms with van der Waals surface area (Å²) >= 11 is 0. The van der Waals surface area contributed by atoms with Gasteiger partial charge in [-0.3, -0.25) is 0 Å². The number of nitrogens with zero attached hydrogens (tertiary/aromatic N) is 1. The van der Waals surface area contributed by atoms with Crippen LogP contribution in [0.1, 0.15) is 78.1 Å². The summed E-state index contributed by atoms with van der Waals surface area (Å²) in [4.78, 5) is 2.50. The maximum absolute atomic E-state index is 6.02. The van der Waals surface area contributed by atoms with Crippen molar-refractivity contribution in [2.24, 2.45) is 0 Å². The Balaban J connectivity index is 2.15. The molecule has 4 heteroatoms.